The molecule has 0 saturated carbocycles. The zero-order chi connectivity index (χ0) is 15.5. The zero-order valence-corrected chi connectivity index (χ0v) is 10.8. The number of phenols is 1. The van der Waals surface area contributed by atoms with Crippen molar-refractivity contribution >= 4 is 11.6 Å². The average molecular weight is 299 g/mol. The number of anilines is 1. The van der Waals surface area contributed by atoms with Gasteiger partial charge in [0.1, 0.15) is 5.75 Å². The van der Waals surface area contributed by atoms with Crippen LogP contribution < -0.4 is 5.32 Å². The molecule has 0 unspecified atom stereocenters. The number of rotatable bonds is 4. The van der Waals surface area contributed by atoms with Gasteiger partial charge in [-0.1, -0.05) is 0 Å². The molecule has 1 aromatic carbocycles. The van der Waals surface area contributed by atoms with Crippen molar-refractivity contribution in [2.24, 2.45) is 0 Å². The minimum Gasteiger partial charge on any atom is -0.507 e. The molecule has 0 aliphatic heterocycles. The lowest BCUT2D eigenvalue weighted by molar-refractivity contribution is -0.138. The van der Waals surface area contributed by atoms with E-state index in [0.717, 1.165) is 6.07 Å². The number of nitrogens with one attached hydrogen (secondary N) is 1. The Bertz CT molecular complexity index is 624. The molecule has 0 bridgehead atoms. The van der Waals surface area contributed by atoms with Gasteiger partial charge in [0.05, 0.1) is 5.56 Å². The summed E-state index contributed by atoms with van der Waals surface area (Å²) >= 11 is 0. The topological polar surface area (TPSA) is 67.2 Å². The number of aromatic hydroxyl groups is 1. The monoisotopic (exact) mass is 299 g/mol. The van der Waals surface area contributed by atoms with Crippen LogP contribution in [0.15, 0.2) is 36.7 Å². The predicted molar refractivity (Wildman–Crippen MR) is 68.6 cm³/mol. The number of aryl methyl sites for hydroxylation is 1. The fourth-order valence-corrected chi connectivity index (χ4v) is 1.71. The number of carbonyl (C=O) groups is 1. The summed E-state index contributed by atoms with van der Waals surface area (Å²) in [6.07, 6.45) is -1.37. The molecule has 2 aromatic rings. The fourth-order valence-electron chi connectivity index (χ4n) is 1.71. The molecular weight excluding hydrogens is 287 g/mol. The first kappa shape index (κ1) is 14.9. The first-order valence-corrected chi connectivity index (χ1v) is 6.04. The molecule has 1 heterocycles. The molecule has 0 radical (unpaired) electrons. The predicted octanol–water partition coefficient (Wildman–Crippen LogP) is 2.64. The van der Waals surface area contributed by atoms with Crippen molar-refractivity contribution < 1.29 is 23.1 Å². The summed E-state index contributed by atoms with van der Waals surface area (Å²) in [7, 11) is 0. The summed E-state index contributed by atoms with van der Waals surface area (Å²) in [6, 6.07) is 4.50. The first-order valence-electron chi connectivity index (χ1n) is 6.04. The molecule has 1 aromatic heterocycles. The third kappa shape index (κ3) is 3.98. The minimum absolute atomic E-state index is 0.0226. The van der Waals surface area contributed by atoms with Crippen LogP contribution in [0, 0.1) is 0 Å². The van der Waals surface area contributed by atoms with Gasteiger partial charge in [-0.3, -0.25) is 9.48 Å². The van der Waals surface area contributed by atoms with Gasteiger partial charge in [-0.25, -0.2) is 0 Å². The van der Waals surface area contributed by atoms with Crippen LogP contribution in [0.2, 0.25) is 0 Å². The molecule has 0 aliphatic rings. The van der Waals surface area contributed by atoms with E-state index in [1.54, 1.807) is 18.5 Å². The van der Waals surface area contributed by atoms with Crippen LogP contribution in [0.5, 0.6) is 5.75 Å². The van der Waals surface area contributed by atoms with E-state index < -0.39 is 23.4 Å². The number of hydrogen-bond donors (Lipinski definition) is 2. The smallest absolute Gasteiger partial charge is 0.420 e. The van der Waals surface area contributed by atoms with Gasteiger partial charge in [0.15, 0.2) is 0 Å². The molecule has 8 heteroatoms. The number of hydrogen-bond acceptors (Lipinski definition) is 3. The van der Waals surface area contributed by atoms with Crippen LogP contribution in [-0.4, -0.2) is 20.8 Å². The van der Waals surface area contributed by atoms with E-state index in [-0.39, 0.29) is 12.1 Å². The molecule has 21 heavy (non-hydrogen) atoms. The van der Waals surface area contributed by atoms with E-state index in [1.165, 1.54) is 10.7 Å². The summed E-state index contributed by atoms with van der Waals surface area (Å²) in [5.74, 6) is -1.32. The first-order chi connectivity index (χ1) is 9.86. The highest BCUT2D eigenvalue weighted by atomic mass is 19.4. The van der Waals surface area contributed by atoms with Gasteiger partial charge in [0.2, 0.25) is 5.91 Å². The van der Waals surface area contributed by atoms with Crippen LogP contribution in [-0.2, 0) is 17.5 Å². The Morgan fingerprint density at radius 2 is 2.14 bits per heavy atom. The molecule has 1 amide bonds. The highest BCUT2D eigenvalue weighted by Gasteiger charge is 2.34. The van der Waals surface area contributed by atoms with E-state index in [0.29, 0.717) is 12.6 Å². The maximum absolute atomic E-state index is 12.6. The fraction of sp³-hybridized carbons (Fsp3) is 0.231. The van der Waals surface area contributed by atoms with Gasteiger partial charge in [-0.15, -0.1) is 0 Å². The highest BCUT2D eigenvalue weighted by Crippen LogP contribution is 2.37. The maximum atomic E-state index is 12.6. The molecule has 2 rings (SSSR count). The Morgan fingerprint density at radius 1 is 1.38 bits per heavy atom. The van der Waals surface area contributed by atoms with Gasteiger partial charge in [-0.2, -0.15) is 18.3 Å². The lowest BCUT2D eigenvalue weighted by atomic mass is 10.1. The van der Waals surface area contributed by atoms with Gasteiger partial charge >= 0.3 is 6.18 Å². The second-order valence-corrected chi connectivity index (χ2v) is 4.30. The third-order valence-electron chi connectivity index (χ3n) is 2.71. The summed E-state index contributed by atoms with van der Waals surface area (Å²) in [5, 5.41) is 15.4. The van der Waals surface area contributed by atoms with Crippen molar-refractivity contribution in [3.8, 4) is 5.75 Å². The van der Waals surface area contributed by atoms with Gasteiger partial charge in [-0.05, 0) is 24.3 Å². The number of phenolic OH excluding ortho intramolecular Hbond substituents is 1. The molecule has 112 valence electrons. The van der Waals surface area contributed by atoms with Gasteiger partial charge in [0.25, 0.3) is 0 Å². The van der Waals surface area contributed by atoms with Crippen molar-refractivity contribution in [3.63, 3.8) is 0 Å². The second kappa shape index (κ2) is 5.86. The van der Waals surface area contributed by atoms with E-state index >= 15 is 0 Å². The Balaban J connectivity index is 2.01. The normalized spacial score (nSPS) is 11.4. The quantitative estimate of drug-likeness (QED) is 0.853. The van der Waals surface area contributed by atoms with E-state index in [2.05, 4.69) is 10.4 Å². The molecule has 0 aliphatic carbocycles. The number of nitrogens with zero attached hydrogens (tertiary/aromatic N) is 2. The van der Waals surface area contributed by atoms with Crippen molar-refractivity contribution in [1.82, 2.24) is 9.78 Å². The summed E-state index contributed by atoms with van der Waals surface area (Å²) in [6.45, 7) is 0.322. The molecule has 0 spiro atoms. The summed E-state index contributed by atoms with van der Waals surface area (Å²) < 4.78 is 39.4. The van der Waals surface area contributed by atoms with Crippen LogP contribution >= 0.6 is 0 Å². The molecular formula is C13H12F3N3O2. The standard InChI is InChI=1S/C13H12F3N3O2/c14-13(15,16)10-8-9(2-3-11(10)20)18-12(21)4-7-19-6-1-5-17-19/h1-3,5-6,8,20H,4,7H2,(H,18,21). The van der Waals surface area contributed by atoms with Crippen molar-refractivity contribution in [3.05, 3.63) is 42.2 Å². The third-order valence-corrected chi connectivity index (χ3v) is 2.71. The second-order valence-electron chi connectivity index (χ2n) is 4.30. The SMILES string of the molecule is O=C(CCn1cccn1)Nc1ccc(O)c(C(F)(F)F)c1. The van der Waals surface area contributed by atoms with Crippen LogP contribution in [0.1, 0.15) is 12.0 Å². The highest BCUT2D eigenvalue weighted by molar-refractivity contribution is 5.90. The number of carbonyl (C=O) groups excluding carboxylic acids is 1. The molecule has 0 fully saturated rings. The molecule has 5 nitrogen and oxygen atoms in total. The summed E-state index contributed by atoms with van der Waals surface area (Å²) in [5.41, 5.74) is -1.21. The van der Waals surface area contributed by atoms with Crippen LogP contribution in [0.25, 0.3) is 0 Å². The Hall–Kier alpha value is -2.51. The zero-order valence-electron chi connectivity index (χ0n) is 10.8. The molecule has 0 saturated heterocycles. The number of alkyl halides is 3. The Labute approximate surface area is 118 Å². The number of amides is 1. The number of halogens is 3. The lowest BCUT2D eigenvalue weighted by Crippen LogP contribution is -2.15. The molecule has 2 N–H and O–H groups in total. The number of benzene rings is 1. The van der Waals surface area contributed by atoms with Crippen molar-refractivity contribution in [2.75, 3.05) is 5.32 Å². The van der Waals surface area contributed by atoms with Crippen molar-refractivity contribution in [1.29, 1.82) is 0 Å². The van der Waals surface area contributed by atoms with Crippen molar-refractivity contribution in [2.45, 2.75) is 19.1 Å². The Kier molecular flexibility index (Phi) is 4.15. The van der Waals surface area contributed by atoms with Gasteiger partial charge in [0, 0.05) is 31.0 Å². The van der Waals surface area contributed by atoms with Gasteiger partial charge < -0.3 is 10.4 Å². The average Bonchev–Trinajstić information content (AvgIpc) is 2.90. The lowest BCUT2D eigenvalue weighted by Gasteiger charge is -2.11. The summed E-state index contributed by atoms with van der Waals surface area (Å²) in [4.78, 5) is 11.7. The minimum atomic E-state index is -4.68. The van der Waals surface area contributed by atoms with Crippen LogP contribution in [0.4, 0.5) is 18.9 Å². The maximum Gasteiger partial charge on any atom is 0.420 e. The van der Waals surface area contributed by atoms with E-state index in [1.807, 2.05) is 0 Å². The Morgan fingerprint density at radius 3 is 2.76 bits per heavy atom. The van der Waals surface area contributed by atoms with Crippen LogP contribution in [0.3, 0.4) is 0 Å². The largest absolute Gasteiger partial charge is 0.507 e. The number of aromatic nitrogens is 2. The molecule has 0 atom stereocenters. The van der Waals surface area contributed by atoms with E-state index in [9.17, 15) is 23.1 Å². The van der Waals surface area contributed by atoms with E-state index in [4.69, 9.17) is 0 Å².